The summed E-state index contributed by atoms with van der Waals surface area (Å²) in [5.74, 6) is 0. The molecule has 0 rings (SSSR count). The van der Waals surface area contributed by atoms with Crippen LogP contribution in [0.15, 0.2) is 0 Å². The van der Waals surface area contributed by atoms with Crippen LogP contribution in [0.25, 0.3) is 0 Å². The van der Waals surface area contributed by atoms with Gasteiger partial charge in [-0.15, -0.1) is 0 Å². The van der Waals surface area contributed by atoms with Gasteiger partial charge in [-0.05, 0) is 21.4 Å². The fourth-order valence-electron chi connectivity index (χ4n) is 0. The molecule has 0 heterocycles. The summed E-state index contributed by atoms with van der Waals surface area (Å²) in [7, 11) is 6.70. The van der Waals surface area contributed by atoms with Crippen LogP contribution in [0.3, 0.4) is 0 Å². The summed E-state index contributed by atoms with van der Waals surface area (Å²) >= 11 is 0. The van der Waals surface area contributed by atoms with Crippen LogP contribution < -0.4 is 0 Å². The van der Waals surface area contributed by atoms with Gasteiger partial charge in [-0.25, -0.2) is 9.56 Å². The molecule has 0 aliphatic rings. The molecule has 0 aromatic heterocycles. The van der Waals surface area contributed by atoms with Crippen molar-refractivity contribution >= 4 is 29.4 Å². The van der Waals surface area contributed by atoms with Crippen molar-refractivity contribution < 1.29 is 0 Å². The lowest BCUT2D eigenvalue weighted by atomic mass is 14.0. The minimum Gasteiger partial charge on any atom is -0.244 e. The predicted molar refractivity (Wildman–Crippen MR) is 24.5 cm³/mol. The molecular weight excluding hydrogens is 131 g/mol. The highest BCUT2D eigenvalue weighted by Gasteiger charge is 1.75. The second kappa shape index (κ2) is 1.32. The molecule has 0 saturated carbocycles. The van der Waals surface area contributed by atoms with Crippen molar-refractivity contribution in [1.29, 1.82) is 9.56 Å². The third-order valence-corrected chi connectivity index (χ3v) is 0. The van der Waals surface area contributed by atoms with Gasteiger partial charge >= 0.3 is 0 Å². The van der Waals surface area contributed by atoms with Crippen molar-refractivity contribution in [1.82, 2.24) is 0 Å². The van der Waals surface area contributed by atoms with Gasteiger partial charge in [0.1, 0.15) is 8.05 Å². The Bertz CT molecular complexity index is 90.8. The third kappa shape index (κ3) is 103. The summed E-state index contributed by atoms with van der Waals surface area (Å²) in [6, 6.07) is 0. The van der Waals surface area contributed by atoms with Gasteiger partial charge in [0.2, 0.25) is 0 Å². The Morgan fingerprint density at radius 3 is 1.20 bits per heavy atom. The number of nitrogens with one attached hydrogen (secondary N) is 2. The first-order chi connectivity index (χ1) is 2.00. The van der Waals surface area contributed by atoms with Crippen molar-refractivity contribution in [2.24, 2.45) is 0 Å². The minimum atomic E-state index is -2.72. The van der Waals surface area contributed by atoms with E-state index < -0.39 is 8.05 Å². The van der Waals surface area contributed by atoms with Gasteiger partial charge in [-0.2, -0.15) is 0 Å². The van der Waals surface area contributed by atoms with Crippen LogP contribution in [0.5, 0.6) is 0 Å². The molecule has 0 fully saturated rings. The van der Waals surface area contributed by atoms with Gasteiger partial charge in [-0.1, -0.05) is 0 Å². The van der Waals surface area contributed by atoms with Crippen LogP contribution >= 0.6 is 21.4 Å². The molecule has 0 aromatic rings. The normalized spacial score (nSPS) is 11.6. The van der Waals surface area contributed by atoms with E-state index >= 15 is 0 Å². The van der Waals surface area contributed by atoms with Crippen LogP contribution in [-0.2, 0) is 8.05 Å². The highest BCUT2D eigenvalue weighted by Crippen LogP contribution is 2.02. The van der Waals surface area contributed by atoms with E-state index in [-0.39, 0.29) is 0 Å². The Morgan fingerprint density at radius 2 is 1.20 bits per heavy atom. The Morgan fingerprint density at radius 1 is 1.20 bits per heavy atom. The highest BCUT2D eigenvalue weighted by molar-refractivity contribution is 8.33. The van der Waals surface area contributed by atoms with E-state index in [0.29, 0.717) is 0 Å². The monoisotopic (exact) mass is 132 g/mol. The van der Waals surface area contributed by atoms with Crippen LogP contribution in [-0.4, -0.2) is 0 Å². The summed E-state index contributed by atoms with van der Waals surface area (Å²) in [4.78, 5) is 0. The first-order valence-electron chi connectivity index (χ1n) is 0.717. The van der Waals surface area contributed by atoms with E-state index in [1.165, 1.54) is 0 Å². The summed E-state index contributed by atoms with van der Waals surface area (Å²) in [5, 5.41) is 0. The Balaban J connectivity index is 4.06. The molecule has 2 N–H and O–H groups in total. The average molecular weight is 133 g/mol. The zero-order valence-electron chi connectivity index (χ0n) is 2.16. The first kappa shape index (κ1) is 5.53. The smallest absolute Gasteiger partial charge is 0.102 e. The van der Waals surface area contributed by atoms with Crippen molar-refractivity contribution in [3.8, 4) is 0 Å². The van der Waals surface area contributed by atoms with Crippen LogP contribution in [0, 0.1) is 9.56 Å². The number of hydrogen-bond donors (Lipinski definition) is 2. The molecule has 0 aromatic carbocycles. The van der Waals surface area contributed by atoms with Crippen LogP contribution in [0.1, 0.15) is 0 Å². The molecule has 2 nitrogen and oxygen atoms in total. The van der Waals surface area contributed by atoms with E-state index in [0.717, 1.165) is 0 Å². The number of hydrogen-bond acceptors (Lipinski definition) is 2. The van der Waals surface area contributed by atoms with E-state index in [1.807, 2.05) is 0 Å². The van der Waals surface area contributed by atoms with E-state index in [9.17, 15) is 0 Å². The Kier molecular flexibility index (Phi) is 1.46. The third-order valence-electron chi connectivity index (χ3n) is 0. The molecule has 0 unspecified atom stereocenters. The average Bonchev–Trinajstić information content (AvgIpc) is 0.722. The molecule has 0 radical (unpaired) electrons. The number of rotatable bonds is 0. The molecule has 5 heteroatoms. The summed E-state index contributed by atoms with van der Waals surface area (Å²) in [5.41, 5.74) is 0. The van der Waals surface area contributed by atoms with E-state index in [2.05, 4.69) is 0 Å². The fourth-order valence-corrected chi connectivity index (χ4v) is 0. The molecular formula is H2Cl2N2S. The number of halogens is 2. The summed E-state index contributed by atoms with van der Waals surface area (Å²) < 4.78 is 12.4. The second-order valence-electron chi connectivity index (χ2n) is 0.469. The quantitative estimate of drug-likeness (QED) is 0.507. The van der Waals surface area contributed by atoms with Crippen molar-refractivity contribution in [2.45, 2.75) is 0 Å². The lowest BCUT2D eigenvalue weighted by Crippen LogP contribution is -1.52. The van der Waals surface area contributed by atoms with E-state index in [1.54, 1.807) is 0 Å². The fraction of sp³-hybridized carbons (Fsp3) is 0. The zero-order chi connectivity index (χ0) is 4.50. The van der Waals surface area contributed by atoms with Crippen molar-refractivity contribution in [2.75, 3.05) is 0 Å². The maximum Gasteiger partial charge on any atom is 0.102 e. The van der Waals surface area contributed by atoms with Gasteiger partial charge < -0.3 is 0 Å². The van der Waals surface area contributed by atoms with Gasteiger partial charge in [0.25, 0.3) is 0 Å². The Hall–Kier alpha value is 0.530. The molecule has 0 bridgehead atoms. The van der Waals surface area contributed by atoms with E-state index in [4.69, 9.17) is 30.9 Å². The maximum atomic E-state index is 6.22. The largest absolute Gasteiger partial charge is 0.244 e. The predicted octanol–water partition coefficient (Wildman–Crippen LogP) is 1.97. The van der Waals surface area contributed by atoms with Gasteiger partial charge in [0, 0.05) is 0 Å². The SMILES string of the molecule is N=S(=N)(Cl)Cl. The molecule has 0 amide bonds. The first-order valence-corrected chi connectivity index (χ1v) is 4.00. The summed E-state index contributed by atoms with van der Waals surface area (Å²) in [6.07, 6.45) is 0. The van der Waals surface area contributed by atoms with Gasteiger partial charge in [0.15, 0.2) is 0 Å². The summed E-state index contributed by atoms with van der Waals surface area (Å²) in [6.45, 7) is 0. The maximum absolute atomic E-state index is 6.22. The lowest BCUT2D eigenvalue weighted by Gasteiger charge is -1.73. The van der Waals surface area contributed by atoms with Crippen molar-refractivity contribution in [3.63, 3.8) is 0 Å². The Labute approximate surface area is 39.5 Å². The second-order valence-corrected chi connectivity index (χ2v) is 4.66. The molecule has 0 spiro atoms. The standard InChI is InChI=1S/Cl2H2N2S/c1-5(2,3)4/h3-4H. The highest BCUT2D eigenvalue weighted by atomic mass is 36.0. The zero-order valence-corrected chi connectivity index (χ0v) is 4.49. The lowest BCUT2D eigenvalue weighted by molar-refractivity contribution is 1.57. The minimum absolute atomic E-state index is 2.72. The van der Waals surface area contributed by atoms with Crippen LogP contribution in [0.4, 0.5) is 0 Å². The van der Waals surface area contributed by atoms with Crippen molar-refractivity contribution in [3.05, 3.63) is 0 Å². The molecule has 0 aliphatic heterocycles. The van der Waals surface area contributed by atoms with Gasteiger partial charge in [-0.3, -0.25) is 0 Å². The van der Waals surface area contributed by atoms with Crippen LogP contribution in [0.2, 0.25) is 0 Å². The molecule has 0 saturated heterocycles. The molecule has 5 heavy (non-hydrogen) atoms. The molecule has 0 atom stereocenters. The molecule has 0 aliphatic carbocycles. The molecule has 32 valence electrons. The van der Waals surface area contributed by atoms with Gasteiger partial charge in [0.05, 0.1) is 0 Å². The topological polar surface area (TPSA) is 47.7 Å².